The molecule has 1 unspecified atom stereocenters. The number of hydrogen-bond acceptors (Lipinski definition) is 2. The molecule has 1 heterocycles. The molecule has 0 fully saturated rings. The normalized spacial score (nSPS) is 9.92. The molecule has 0 saturated carbocycles. The van der Waals surface area contributed by atoms with Gasteiger partial charge in [-0.3, -0.25) is 0 Å². The van der Waals surface area contributed by atoms with Crippen LogP contribution in [0.2, 0.25) is 10.3 Å². The summed E-state index contributed by atoms with van der Waals surface area (Å²) in [6, 6.07) is 1.35. The second-order valence-corrected chi connectivity index (χ2v) is 3.35. The van der Waals surface area contributed by atoms with Crippen LogP contribution in [0.1, 0.15) is 10.4 Å². The Kier molecular flexibility index (Phi) is 2.89. The summed E-state index contributed by atoms with van der Waals surface area (Å²) in [5, 5.41) is 9.21. The second kappa shape index (κ2) is 3.56. The van der Waals surface area contributed by atoms with Crippen molar-refractivity contribution in [1.82, 2.24) is 4.98 Å². The van der Waals surface area contributed by atoms with Crippen molar-refractivity contribution < 1.29 is 9.90 Å². The molecular formula is C6H4Cl2NO2P. The lowest BCUT2D eigenvalue weighted by Gasteiger charge is -2.00. The van der Waals surface area contributed by atoms with Crippen molar-refractivity contribution in [3.63, 3.8) is 0 Å². The number of carbonyl (C=O) groups is 1. The summed E-state index contributed by atoms with van der Waals surface area (Å²) < 4.78 is 0. The van der Waals surface area contributed by atoms with Gasteiger partial charge in [-0.2, -0.15) is 0 Å². The highest BCUT2D eigenvalue weighted by Crippen LogP contribution is 2.16. The van der Waals surface area contributed by atoms with Gasteiger partial charge in [0, 0.05) is 5.30 Å². The Labute approximate surface area is 80.9 Å². The Bertz CT molecular complexity index is 343. The molecule has 0 aromatic carbocycles. The zero-order valence-corrected chi connectivity index (χ0v) is 8.38. The molecular weight excluding hydrogens is 220 g/mol. The summed E-state index contributed by atoms with van der Waals surface area (Å²) in [4.78, 5) is 14.1. The van der Waals surface area contributed by atoms with Crippen molar-refractivity contribution >= 4 is 43.7 Å². The van der Waals surface area contributed by atoms with Crippen LogP contribution in [0.5, 0.6) is 0 Å². The van der Waals surface area contributed by atoms with Crippen molar-refractivity contribution in [3.8, 4) is 0 Å². The third-order valence-corrected chi connectivity index (χ3v) is 2.40. The van der Waals surface area contributed by atoms with Gasteiger partial charge in [-0.05, 0) is 6.07 Å². The SMILES string of the molecule is O=C(O)c1cc(P)c(Cl)nc1Cl. The molecule has 0 aliphatic rings. The minimum atomic E-state index is -1.12. The molecule has 1 atom stereocenters. The second-order valence-electron chi connectivity index (χ2n) is 2.01. The summed E-state index contributed by atoms with van der Waals surface area (Å²) in [6.07, 6.45) is 0. The molecule has 0 amide bonds. The van der Waals surface area contributed by atoms with Crippen molar-refractivity contribution in [3.05, 3.63) is 21.9 Å². The standard InChI is InChI=1S/C6H4Cl2NO2P/c7-4-2(6(10)11)1-3(12)5(8)9-4/h1H,12H2,(H,10,11). The quantitative estimate of drug-likeness (QED) is 0.581. The van der Waals surface area contributed by atoms with Gasteiger partial charge in [-0.15, -0.1) is 9.24 Å². The molecule has 0 aliphatic carbocycles. The highest BCUT2D eigenvalue weighted by atomic mass is 35.5. The number of rotatable bonds is 1. The molecule has 1 aromatic heterocycles. The number of aromatic carboxylic acids is 1. The van der Waals surface area contributed by atoms with E-state index in [4.69, 9.17) is 28.3 Å². The summed E-state index contributed by atoms with van der Waals surface area (Å²) in [5.74, 6) is -1.12. The Morgan fingerprint density at radius 1 is 1.50 bits per heavy atom. The molecule has 0 aliphatic heterocycles. The van der Waals surface area contributed by atoms with Gasteiger partial charge >= 0.3 is 5.97 Å². The lowest BCUT2D eigenvalue weighted by Crippen LogP contribution is -2.06. The summed E-state index contributed by atoms with van der Waals surface area (Å²) in [6.45, 7) is 0. The lowest BCUT2D eigenvalue weighted by molar-refractivity contribution is 0.0697. The van der Waals surface area contributed by atoms with Gasteiger partial charge in [-0.25, -0.2) is 9.78 Å². The van der Waals surface area contributed by atoms with Crippen molar-refractivity contribution in [2.45, 2.75) is 0 Å². The van der Waals surface area contributed by atoms with E-state index < -0.39 is 5.97 Å². The van der Waals surface area contributed by atoms with E-state index in [2.05, 4.69) is 14.2 Å². The van der Waals surface area contributed by atoms with Crippen LogP contribution in [0.3, 0.4) is 0 Å². The number of pyridine rings is 1. The van der Waals surface area contributed by atoms with Gasteiger partial charge in [0.15, 0.2) is 0 Å². The van der Waals surface area contributed by atoms with Crippen molar-refractivity contribution in [1.29, 1.82) is 0 Å². The molecule has 12 heavy (non-hydrogen) atoms. The Hall–Kier alpha value is -0.370. The van der Waals surface area contributed by atoms with Crippen LogP contribution < -0.4 is 5.30 Å². The van der Waals surface area contributed by atoms with Gasteiger partial charge in [0.25, 0.3) is 0 Å². The third-order valence-electron chi connectivity index (χ3n) is 1.19. The van der Waals surface area contributed by atoms with Crippen molar-refractivity contribution in [2.24, 2.45) is 0 Å². The number of carboxylic acid groups (broad SMARTS) is 1. The van der Waals surface area contributed by atoms with Gasteiger partial charge in [0.2, 0.25) is 0 Å². The minimum absolute atomic E-state index is 0.0499. The number of halogens is 2. The number of hydrogen-bond donors (Lipinski definition) is 1. The minimum Gasteiger partial charge on any atom is -0.478 e. The average molecular weight is 224 g/mol. The zero-order valence-electron chi connectivity index (χ0n) is 5.71. The van der Waals surface area contributed by atoms with E-state index in [0.29, 0.717) is 5.30 Å². The molecule has 1 aromatic rings. The monoisotopic (exact) mass is 223 g/mol. The fraction of sp³-hybridized carbons (Fsp3) is 0. The maximum Gasteiger partial charge on any atom is 0.338 e. The smallest absolute Gasteiger partial charge is 0.338 e. The van der Waals surface area contributed by atoms with Crippen LogP contribution in [-0.4, -0.2) is 16.1 Å². The fourth-order valence-corrected chi connectivity index (χ4v) is 1.27. The Balaban J connectivity index is 3.33. The van der Waals surface area contributed by atoms with Crippen molar-refractivity contribution in [2.75, 3.05) is 0 Å². The van der Waals surface area contributed by atoms with Crippen LogP contribution >= 0.6 is 32.4 Å². The molecule has 0 saturated heterocycles. The third kappa shape index (κ3) is 1.86. The zero-order chi connectivity index (χ0) is 9.30. The maximum atomic E-state index is 10.5. The first kappa shape index (κ1) is 9.72. The molecule has 0 spiro atoms. The van der Waals surface area contributed by atoms with E-state index in [1.54, 1.807) is 0 Å². The van der Waals surface area contributed by atoms with Crippen LogP contribution in [0.25, 0.3) is 0 Å². The molecule has 0 bridgehead atoms. The molecule has 1 N–H and O–H groups in total. The maximum absolute atomic E-state index is 10.5. The summed E-state index contributed by atoms with van der Waals surface area (Å²) >= 11 is 11.1. The highest BCUT2D eigenvalue weighted by Gasteiger charge is 2.11. The van der Waals surface area contributed by atoms with E-state index in [1.165, 1.54) is 6.07 Å². The van der Waals surface area contributed by atoms with E-state index in [1.807, 2.05) is 0 Å². The van der Waals surface area contributed by atoms with Gasteiger partial charge in [0.05, 0.1) is 5.56 Å². The van der Waals surface area contributed by atoms with Crippen LogP contribution in [0.4, 0.5) is 0 Å². The Morgan fingerprint density at radius 2 is 2.08 bits per heavy atom. The van der Waals surface area contributed by atoms with Gasteiger partial charge in [0.1, 0.15) is 10.3 Å². The molecule has 64 valence electrons. The predicted molar refractivity (Wildman–Crippen MR) is 50.6 cm³/mol. The number of nitrogens with zero attached hydrogens (tertiary/aromatic N) is 1. The first-order valence-corrected chi connectivity index (χ1v) is 4.20. The summed E-state index contributed by atoms with van der Waals surface area (Å²) in [5.41, 5.74) is -0.0499. The van der Waals surface area contributed by atoms with E-state index in [-0.39, 0.29) is 15.9 Å². The molecule has 6 heteroatoms. The first-order valence-electron chi connectivity index (χ1n) is 2.87. The number of aromatic nitrogens is 1. The van der Waals surface area contributed by atoms with Crippen LogP contribution in [0, 0.1) is 0 Å². The molecule has 1 rings (SSSR count). The lowest BCUT2D eigenvalue weighted by atomic mass is 10.3. The highest BCUT2D eigenvalue weighted by molar-refractivity contribution is 7.28. The molecule has 0 radical (unpaired) electrons. The number of carboxylic acids is 1. The van der Waals surface area contributed by atoms with Crippen LogP contribution in [0.15, 0.2) is 6.07 Å². The van der Waals surface area contributed by atoms with Crippen LogP contribution in [-0.2, 0) is 0 Å². The summed E-state index contributed by atoms with van der Waals surface area (Å²) in [7, 11) is 2.27. The fourth-order valence-electron chi connectivity index (χ4n) is 0.636. The first-order chi connectivity index (χ1) is 5.52. The van der Waals surface area contributed by atoms with Gasteiger partial charge < -0.3 is 5.11 Å². The molecule has 3 nitrogen and oxygen atoms in total. The predicted octanol–water partition coefficient (Wildman–Crippen LogP) is 1.59. The van der Waals surface area contributed by atoms with Gasteiger partial charge in [-0.1, -0.05) is 23.2 Å². The van der Waals surface area contributed by atoms with E-state index in [9.17, 15) is 4.79 Å². The average Bonchev–Trinajstić information content (AvgIpc) is 1.96. The topological polar surface area (TPSA) is 50.2 Å². The largest absolute Gasteiger partial charge is 0.478 e. The Morgan fingerprint density at radius 3 is 2.58 bits per heavy atom. The van der Waals surface area contributed by atoms with E-state index in [0.717, 1.165) is 0 Å². The van der Waals surface area contributed by atoms with E-state index >= 15 is 0 Å².